The van der Waals surface area contributed by atoms with Crippen LogP contribution in [0.1, 0.15) is 19.3 Å². The smallest absolute Gasteiger partial charge is 0.243 e. The molecule has 3 aliphatic rings. The van der Waals surface area contributed by atoms with Gasteiger partial charge in [-0.25, -0.2) is 16.8 Å². The summed E-state index contributed by atoms with van der Waals surface area (Å²) in [5.41, 5.74) is 0.344. The number of rotatable bonds is 3. The highest BCUT2D eigenvalue weighted by Crippen LogP contribution is 2.37. The molecule has 1 aromatic rings. The van der Waals surface area contributed by atoms with Gasteiger partial charge in [-0.1, -0.05) is 0 Å². The van der Waals surface area contributed by atoms with E-state index < -0.39 is 31.2 Å². The van der Waals surface area contributed by atoms with E-state index in [1.165, 1.54) is 28.6 Å². The first-order valence-electron chi connectivity index (χ1n) is 7.89. The van der Waals surface area contributed by atoms with Gasteiger partial charge in [0.1, 0.15) is 0 Å². The first kappa shape index (κ1) is 16.7. The minimum Gasteiger partial charge on any atom is -0.274 e. The van der Waals surface area contributed by atoms with E-state index in [9.17, 15) is 26.4 Å². The summed E-state index contributed by atoms with van der Waals surface area (Å²) in [6.45, 7) is -0.0137. The van der Waals surface area contributed by atoms with E-state index in [1.54, 1.807) is 0 Å². The highest BCUT2D eigenvalue weighted by molar-refractivity contribution is 7.93. The predicted molar refractivity (Wildman–Crippen MR) is 88.0 cm³/mol. The van der Waals surface area contributed by atoms with Crippen molar-refractivity contribution in [2.45, 2.75) is 35.4 Å². The summed E-state index contributed by atoms with van der Waals surface area (Å²) in [5, 5.41) is -0.619. The molecule has 1 aromatic carbocycles. The molecule has 0 radical (unpaired) electrons. The molecule has 2 amide bonds. The van der Waals surface area contributed by atoms with Crippen molar-refractivity contribution in [3.05, 3.63) is 24.3 Å². The molecule has 134 valence electrons. The van der Waals surface area contributed by atoms with Crippen molar-refractivity contribution in [1.82, 2.24) is 4.31 Å². The number of anilines is 1. The highest BCUT2D eigenvalue weighted by Gasteiger charge is 2.52. The lowest BCUT2D eigenvalue weighted by Gasteiger charge is -2.26. The molecule has 8 nitrogen and oxygen atoms in total. The Hall–Kier alpha value is -1.78. The zero-order chi connectivity index (χ0) is 18.0. The van der Waals surface area contributed by atoms with Crippen LogP contribution in [0.4, 0.5) is 5.69 Å². The van der Waals surface area contributed by atoms with Gasteiger partial charge in [-0.05, 0) is 30.7 Å². The summed E-state index contributed by atoms with van der Waals surface area (Å²) >= 11 is 0. The van der Waals surface area contributed by atoms with Gasteiger partial charge in [0, 0.05) is 25.4 Å². The van der Waals surface area contributed by atoms with Crippen LogP contribution in [0.2, 0.25) is 0 Å². The Morgan fingerprint density at radius 2 is 1.60 bits per heavy atom. The third-order valence-corrected chi connectivity index (χ3v) is 9.15. The van der Waals surface area contributed by atoms with Crippen LogP contribution in [0, 0.1) is 0 Å². The van der Waals surface area contributed by atoms with Gasteiger partial charge in [-0.3, -0.25) is 14.5 Å². The van der Waals surface area contributed by atoms with Gasteiger partial charge in [0.25, 0.3) is 0 Å². The minimum absolute atomic E-state index is 0.0137. The van der Waals surface area contributed by atoms with Crippen LogP contribution >= 0.6 is 0 Å². The second-order valence-electron chi connectivity index (χ2n) is 6.53. The SMILES string of the molecule is O=C1CCC(=O)N1c1ccc(S(=O)(=O)N2CC3CC2CS3(=O)=O)cc1. The highest BCUT2D eigenvalue weighted by atomic mass is 32.2. The van der Waals surface area contributed by atoms with E-state index in [2.05, 4.69) is 0 Å². The number of sulfone groups is 1. The van der Waals surface area contributed by atoms with Crippen LogP contribution in [0.3, 0.4) is 0 Å². The Kier molecular flexibility index (Phi) is 3.57. The molecule has 2 unspecified atom stereocenters. The molecular weight excluding hydrogens is 368 g/mol. The summed E-state index contributed by atoms with van der Waals surface area (Å²) in [6, 6.07) is 5.05. The maximum atomic E-state index is 12.8. The first-order chi connectivity index (χ1) is 11.7. The number of benzene rings is 1. The summed E-state index contributed by atoms with van der Waals surface area (Å²) in [4.78, 5) is 24.6. The van der Waals surface area contributed by atoms with Crippen molar-refractivity contribution in [2.24, 2.45) is 0 Å². The average Bonchev–Trinajstić information content (AvgIpc) is 3.19. The van der Waals surface area contributed by atoms with Gasteiger partial charge in [0.2, 0.25) is 21.8 Å². The Morgan fingerprint density at radius 1 is 1.00 bits per heavy atom. The van der Waals surface area contributed by atoms with Crippen LogP contribution in [-0.4, -0.2) is 56.5 Å². The molecule has 0 saturated carbocycles. The monoisotopic (exact) mass is 384 g/mol. The second kappa shape index (κ2) is 5.36. The van der Waals surface area contributed by atoms with E-state index in [4.69, 9.17) is 0 Å². The fourth-order valence-corrected chi connectivity index (χ4v) is 7.62. The maximum absolute atomic E-state index is 12.8. The fraction of sp³-hybridized carbons (Fsp3) is 0.467. The number of sulfonamides is 1. The second-order valence-corrected chi connectivity index (χ2v) is 10.7. The number of carbonyl (C=O) groups is 2. The van der Waals surface area contributed by atoms with Gasteiger partial charge in [-0.2, -0.15) is 4.31 Å². The quantitative estimate of drug-likeness (QED) is 0.673. The lowest BCUT2D eigenvalue weighted by Crippen LogP contribution is -2.43. The molecule has 0 aliphatic carbocycles. The van der Waals surface area contributed by atoms with Crippen molar-refractivity contribution < 1.29 is 26.4 Å². The van der Waals surface area contributed by atoms with Crippen LogP contribution in [0.15, 0.2) is 29.2 Å². The molecule has 3 aliphatic heterocycles. The molecular formula is C15H16N2O6S2. The molecule has 0 N–H and O–H groups in total. The van der Waals surface area contributed by atoms with Gasteiger partial charge in [-0.15, -0.1) is 0 Å². The zero-order valence-electron chi connectivity index (χ0n) is 13.2. The molecule has 3 fully saturated rings. The van der Waals surface area contributed by atoms with Crippen molar-refractivity contribution in [3.8, 4) is 0 Å². The molecule has 3 saturated heterocycles. The Bertz CT molecular complexity index is 952. The predicted octanol–water partition coefficient (Wildman–Crippen LogP) is -0.1000. The normalized spacial score (nSPS) is 28.9. The largest absolute Gasteiger partial charge is 0.274 e. The van der Waals surface area contributed by atoms with Crippen LogP contribution < -0.4 is 4.90 Å². The molecule has 2 atom stereocenters. The molecule has 4 rings (SSSR count). The van der Waals surface area contributed by atoms with E-state index >= 15 is 0 Å². The number of hydrogen-bond acceptors (Lipinski definition) is 6. The van der Waals surface area contributed by atoms with Crippen molar-refractivity contribution >= 4 is 37.4 Å². The molecule has 2 bridgehead atoms. The lowest BCUT2D eigenvalue weighted by atomic mass is 10.3. The summed E-state index contributed by atoms with van der Waals surface area (Å²) in [6.07, 6.45) is 0.658. The topological polar surface area (TPSA) is 109 Å². The Balaban J connectivity index is 1.60. The van der Waals surface area contributed by atoms with E-state index in [1.807, 2.05) is 0 Å². The first-order valence-corrected chi connectivity index (χ1v) is 11.0. The van der Waals surface area contributed by atoms with Gasteiger partial charge >= 0.3 is 0 Å². The number of nitrogens with zero attached hydrogens (tertiary/aromatic N) is 2. The third kappa shape index (κ3) is 2.51. The van der Waals surface area contributed by atoms with E-state index in [0.717, 1.165) is 4.90 Å². The number of imide groups is 1. The molecule has 10 heteroatoms. The van der Waals surface area contributed by atoms with Crippen LogP contribution in [0.5, 0.6) is 0 Å². The number of carbonyl (C=O) groups excluding carboxylic acids is 2. The molecule has 3 heterocycles. The summed E-state index contributed by atoms with van der Waals surface area (Å²) < 4.78 is 50.4. The number of fused-ring (bicyclic) bond motifs is 2. The zero-order valence-corrected chi connectivity index (χ0v) is 14.8. The van der Waals surface area contributed by atoms with Crippen LogP contribution in [-0.2, 0) is 29.4 Å². The summed E-state index contributed by atoms with van der Waals surface area (Å²) in [7, 11) is -6.99. The standard InChI is InChI=1S/C15H16N2O6S2/c18-14-5-6-15(19)17(14)10-1-3-12(4-2-10)25(22,23)16-8-13-7-11(16)9-24(13,20)21/h1-4,11,13H,5-9H2. The van der Waals surface area contributed by atoms with E-state index in [-0.39, 0.29) is 41.8 Å². The number of hydrogen-bond donors (Lipinski definition) is 0. The minimum atomic E-state index is -3.81. The average molecular weight is 384 g/mol. The summed E-state index contributed by atoms with van der Waals surface area (Å²) in [5.74, 6) is -0.739. The fourth-order valence-electron chi connectivity index (χ4n) is 3.72. The van der Waals surface area contributed by atoms with Crippen molar-refractivity contribution in [2.75, 3.05) is 17.2 Å². The van der Waals surface area contributed by atoms with Crippen LogP contribution in [0.25, 0.3) is 0 Å². The molecule has 25 heavy (non-hydrogen) atoms. The Labute approximate surface area is 145 Å². The molecule has 0 aromatic heterocycles. The van der Waals surface area contributed by atoms with Crippen molar-refractivity contribution in [3.63, 3.8) is 0 Å². The lowest BCUT2D eigenvalue weighted by molar-refractivity contribution is -0.121. The third-order valence-electron chi connectivity index (χ3n) is 5.01. The van der Waals surface area contributed by atoms with Gasteiger partial charge < -0.3 is 0 Å². The number of amides is 2. The van der Waals surface area contributed by atoms with Crippen molar-refractivity contribution in [1.29, 1.82) is 0 Å². The Morgan fingerprint density at radius 3 is 2.08 bits per heavy atom. The molecule has 0 spiro atoms. The van der Waals surface area contributed by atoms with Gasteiger partial charge in [0.05, 0.1) is 21.6 Å². The van der Waals surface area contributed by atoms with Gasteiger partial charge in [0.15, 0.2) is 9.84 Å². The van der Waals surface area contributed by atoms with E-state index in [0.29, 0.717) is 12.1 Å². The maximum Gasteiger partial charge on any atom is 0.243 e.